The number of hydrogen-bond acceptors (Lipinski definition) is 5. The molecule has 2 aromatic carbocycles. The molecule has 23 heavy (non-hydrogen) atoms. The van der Waals surface area contributed by atoms with Crippen LogP contribution in [0.25, 0.3) is 6.08 Å². The minimum atomic E-state index is -1.25. The minimum Gasteiger partial charge on any atom is -0.545 e. The van der Waals surface area contributed by atoms with Crippen LogP contribution in [0.15, 0.2) is 63.7 Å². The van der Waals surface area contributed by atoms with Gasteiger partial charge in [0, 0.05) is 4.47 Å². The third-order valence-electron chi connectivity index (χ3n) is 3.17. The number of nitrogens with zero attached hydrogens (tertiary/aromatic N) is 1. The average Bonchev–Trinajstić information content (AvgIpc) is 2.89. The topological polar surface area (TPSA) is 78.8 Å². The Kier molecular flexibility index (Phi) is 4.08. The van der Waals surface area contributed by atoms with E-state index < -0.39 is 11.9 Å². The van der Waals surface area contributed by atoms with Gasteiger partial charge in [-0.25, -0.2) is 9.79 Å². The van der Waals surface area contributed by atoms with Gasteiger partial charge in [0.15, 0.2) is 5.70 Å². The Balaban J connectivity index is 1.92. The molecular formula is C17H9BrNO4-. The summed E-state index contributed by atoms with van der Waals surface area (Å²) in [5, 5.41) is 10.7. The first kappa shape index (κ1) is 15.2. The van der Waals surface area contributed by atoms with Crippen molar-refractivity contribution in [2.45, 2.75) is 0 Å². The maximum Gasteiger partial charge on any atom is 0.363 e. The molecule has 114 valence electrons. The van der Waals surface area contributed by atoms with Gasteiger partial charge in [-0.3, -0.25) is 0 Å². The van der Waals surface area contributed by atoms with E-state index >= 15 is 0 Å². The number of esters is 1. The minimum absolute atomic E-state index is 0.0681. The lowest BCUT2D eigenvalue weighted by Crippen LogP contribution is -2.21. The van der Waals surface area contributed by atoms with Crippen molar-refractivity contribution in [3.63, 3.8) is 0 Å². The number of carbonyl (C=O) groups excluding carboxylic acids is 2. The molecule has 0 spiro atoms. The molecule has 1 aliphatic heterocycles. The van der Waals surface area contributed by atoms with Crippen LogP contribution >= 0.6 is 15.9 Å². The van der Waals surface area contributed by atoms with Crippen LogP contribution in [0.2, 0.25) is 0 Å². The number of aliphatic imine (C=N–C) groups is 1. The molecule has 6 heteroatoms. The van der Waals surface area contributed by atoms with Gasteiger partial charge >= 0.3 is 5.97 Å². The zero-order valence-electron chi connectivity index (χ0n) is 11.7. The van der Waals surface area contributed by atoms with Crippen LogP contribution in [0.1, 0.15) is 21.5 Å². The fourth-order valence-electron chi connectivity index (χ4n) is 2.03. The molecule has 0 saturated heterocycles. The normalized spacial score (nSPS) is 15.4. The summed E-state index contributed by atoms with van der Waals surface area (Å²) in [6.45, 7) is 0. The molecule has 1 heterocycles. The van der Waals surface area contributed by atoms with Crippen LogP contribution in [0, 0.1) is 0 Å². The van der Waals surface area contributed by atoms with Gasteiger partial charge in [-0.15, -0.1) is 0 Å². The number of carboxylic acids is 1. The number of benzene rings is 2. The molecule has 0 amide bonds. The summed E-state index contributed by atoms with van der Waals surface area (Å²) in [7, 11) is 0. The Hall–Kier alpha value is -2.73. The molecular weight excluding hydrogens is 362 g/mol. The summed E-state index contributed by atoms with van der Waals surface area (Å²) >= 11 is 3.38. The van der Waals surface area contributed by atoms with Gasteiger partial charge in [-0.1, -0.05) is 36.4 Å². The number of cyclic esters (lactones) is 1. The predicted octanol–water partition coefficient (Wildman–Crippen LogP) is 2.16. The van der Waals surface area contributed by atoms with E-state index in [0.717, 1.165) is 4.47 Å². The lowest BCUT2D eigenvalue weighted by atomic mass is 10.1. The predicted molar refractivity (Wildman–Crippen MR) is 85.5 cm³/mol. The van der Waals surface area contributed by atoms with Gasteiger partial charge in [0.1, 0.15) is 0 Å². The number of carboxylic acid groups (broad SMARTS) is 1. The van der Waals surface area contributed by atoms with Crippen molar-refractivity contribution in [1.82, 2.24) is 0 Å². The molecule has 1 aliphatic rings. The van der Waals surface area contributed by atoms with Crippen molar-refractivity contribution in [3.05, 3.63) is 75.4 Å². The fourth-order valence-corrected chi connectivity index (χ4v) is 2.49. The number of hydrogen-bond donors (Lipinski definition) is 0. The molecule has 0 N–H and O–H groups in total. The van der Waals surface area contributed by atoms with Gasteiger partial charge < -0.3 is 14.6 Å². The van der Waals surface area contributed by atoms with Crippen molar-refractivity contribution >= 4 is 39.8 Å². The quantitative estimate of drug-likeness (QED) is 0.612. The molecule has 0 aromatic heterocycles. The van der Waals surface area contributed by atoms with Crippen molar-refractivity contribution in [3.8, 4) is 0 Å². The Morgan fingerprint density at radius 1 is 1.13 bits per heavy atom. The van der Waals surface area contributed by atoms with Gasteiger partial charge in [0.05, 0.1) is 11.5 Å². The van der Waals surface area contributed by atoms with Crippen LogP contribution in [0.4, 0.5) is 0 Å². The SMILES string of the molecule is O=C1OC(c2ccccc2Br)=N/C1=C\c1ccc(C(=O)[O-])cc1. The molecule has 0 unspecified atom stereocenters. The number of aromatic carboxylic acids is 1. The van der Waals surface area contributed by atoms with E-state index in [1.165, 1.54) is 18.2 Å². The Bertz CT molecular complexity index is 853. The molecule has 0 atom stereocenters. The summed E-state index contributed by atoms with van der Waals surface area (Å²) in [6, 6.07) is 13.2. The fraction of sp³-hybridized carbons (Fsp3) is 0. The number of ether oxygens (including phenoxy) is 1. The second kappa shape index (κ2) is 6.18. The zero-order valence-corrected chi connectivity index (χ0v) is 13.2. The maximum atomic E-state index is 11.9. The number of rotatable bonds is 3. The first-order valence-corrected chi connectivity index (χ1v) is 7.43. The van der Waals surface area contributed by atoms with Gasteiger partial charge in [0.25, 0.3) is 0 Å². The van der Waals surface area contributed by atoms with E-state index in [2.05, 4.69) is 20.9 Å². The van der Waals surface area contributed by atoms with Crippen LogP contribution in [-0.2, 0) is 9.53 Å². The highest BCUT2D eigenvalue weighted by atomic mass is 79.9. The summed E-state index contributed by atoms with van der Waals surface area (Å²) in [4.78, 5) is 26.8. The zero-order chi connectivity index (χ0) is 16.4. The highest BCUT2D eigenvalue weighted by Gasteiger charge is 2.25. The highest BCUT2D eigenvalue weighted by Crippen LogP contribution is 2.23. The highest BCUT2D eigenvalue weighted by molar-refractivity contribution is 9.10. The van der Waals surface area contributed by atoms with Crippen molar-refractivity contribution < 1.29 is 19.4 Å². The molecule has 5 nitrogen and oxygen atoms in total. The smallest absolute Gasteiger partial charge is 0.363 e. The summed E-state index contributed by atoms with van der Waals surface area (Å²) in [5.74, 6) is -1.58. The first-order chi connectivity index (χ1) is 11.0. The van der Waals surface area contributed by atoms with Crippen molar-refractivity contribution in [1.29, 1.82) is 0 Å². The second-order valence-electron chi connectivity index (χ2n) is 4.73. The van der Waals surface area contributed by atoms with E-state index in [9.17, 15) is 14.7 Å². The molecule has 0 aliphatic carbocycles. The monoisotopic (exact) mass is 370 g/mol. The molecule has 2 aromatic rings. The summed E-state index contributed by atoms with van der Waals surface area (Å²) in [6.07, 6.45) is 1.53. The lowest BCUT2D eigenvalue weighted by molar-refractivity contribution is -0.255. The van der Waals surface area contributed by atoms with Gasteiger partial charge in [-0.2, -0.15) is 0 Å². The summed E-state index contributed by atoms with van der Waals surface area (Å²) < 4.78 is 5.95. The third kappa shape index (κ3) is 3.22. The van der Waals surface area contributed by atoms with E-state index in [4.69, 9.17) is 4.74 Å². The van der Waals surface area contributed by atoms with Crippen molar-refractivity contribution in [2.75, 3.05) is 0 Å². The van der Waals surface area contributed by atoms with Crippen LogP contribution in [-0.4, -0.2) is 17.8 Å². The first-order valence-electron chi connectivity index (χ1n) is 6.63. The van der Waals surface area contributed by atoms with Crippen molar-refractivity contribution in [2.24, 2.45) is 4.99 Å². The average molecular weight is 371 g/mol. The lowest BCUT2D eigenvalue weighted by Gasteiger charge is -2.01. The molecule has 0 fully saturated rings. The molecule has 0 saturated carbocycles. The van der Waals surface area contributed by atoms with E-state index in [-0.39, 0.29) is 17.2 Å². The Labute approximate surface area is 140 Å². The maximum absolute atomic E-state index is 11.9. The van der Waals surface area contributed by atoms with Gasteiger partial charge in [0.2, 0.25) is 5.90 Å². The van der Waals surface area contributed by atoms with Crippen LogP contribution in [0.5, 0.6) is 0 Å². The van der Waals surface area contributed by atoms with Crippen LogP contribution < -0.4 is 5.11 Å². The van der Waals surface area contributed by atoms with E-state index in [1.54, 1.807) is 18.2 Å². The molecule has 0 radical (unpaired) electrons. The Morgan fingerprint density at radius 3 is 2.48 bits per heavy atom. The standard InChI is InChI=1S/C17H10BrNO4/c18-13-4-2-1-3-12(13)15-19-14(17(22)23-15)9-10-5-7-11(8-6-10)16(20)21/h1-9H,(H,20,21)/p-1/b14-9-. The van der Waals surface area contributed by atoms with Gasteiger partial charge in [-0.05, 0) is 45.3 Å². The molecule has 3 rings (SSSR count). The van der Waals surface area contributed by atoms with E-state index in [0.29, 0.717) is 11.1 Å². The van der Waals surface area contributed by atoms with E-state index in [1.807, 2.05) is 18.2 Å². The molecule has 0 bridgehead atoms. The number of halogens is 1. The van der Waals surface area contributed by atoms with Crippen LogP contribution in [0.3, 0.4) is 0 Å². The largest absolute Gasteiger partial charge is 0.545 e. The third-order valence-corrected chi connectivity index (χ3v) is 3.87. The summed E-state index contributed by atoms with van der Waals surface area (Å²) in [5.41, 5.74) is 1.53. The Morgan fingerprint density at radius 2 is 1.83 bits per heavy atom. The second-order valence-corrected chi connectivity index (χ2v) is 5.58. The number of carbonyl (C=O) groups is 2.